The summed E-state index contributed by atoms with van der Waals surface area (Å²) in [6.45, 7) is 5.27. The first-order valence-electron chi connectivity index (χ1n) is 6.37. The lowest BCUT2D eigenvalue weighted by atomic mass is 10.0. The summed E-state index contributed by atoms with van der Waals surface area (Å²) in [7, 11) is 0. The second-order valence-corrected chi connectivity index (χ2v) is 7.32. The van der Waals surface area contributed by atoms with Gasteiger partial charge in [0.1, 0.15) is 0 Å². The van der Waals surface area contributed by atoms with Gasteiger partial charge in [0, 0.05) is 9.90 Å². The summed E-state index contributed by atoms with van der Waals surface area (Å²) < 4.78 is 1.19. The van der Waals surface area contributed by atoms with Gasteiger partial charge >= 0.3 is 0 Å². The van der Waals surface area contributed by atoms with Crippen molar-refractivity contribution in [3.63, 3.8) is 0 Å². The van der Waals surface area contributed by atoms with E-state index >= 15 is 0 Å². The molecule has 0 bridgehead atoms. The zero-order chi connectivity index (χ0) is 13.8. The molecule has 1 heterocycles. The molecule has 0 aliphatic carbocycles. The van der Waals surface area contributed by atoms with Crippen molar-refractivity contribution in [1.29, 1.82) is 0 Å². The van der Waals surface area contributed by atoms with Crippen LogP contribution in [0.15, 0.2) is 34.1 Å². The molecule has 0 saturated heterocycles. The van der Waals surface area contributed by atoms with Crippen molar-refractivity contribution in [2.45, 2.75) is 26.3 Å². The fourth-order valence-corrected chi connectivity index (χ4v) is 3.90. The summed E-state index contributed by atoms with van der Waals surface area (Å²) in [5, 5.41) is 4.41. The first-order valence-corrected chi connectivity index (χ1v) is 8.36. The molecule has 2 rings (SSSR count). The molecule has 0 amide bonds. The van der Waals surface area contributed by atoms with E-state index in [1.807, 2.05) is 18.2 Å². The first-order chi connectivity index (χ1) is 9.13. The van der Waals surface area contributed by atoms with Crippen LogP contribution in [0.25, 0.3) is 0 Å². The minimum atomic E-state index is 0.170. The Balaban J connectivity index is 2.38. The minimum absolute atomic E-state index is 0.170. The van der Waals surface area contributed by atoms with Crippen molar-refractivity contribution in [3.05, 3.63) is 55.1 Å². The Labute approximate surface area is 132 Å². The molecule has 1 unspecified atom stereocenters. The smallest absolute Gasteiger partial charge is 0.0731 e. The average molecular weight is 359 g/mol. The highest BCUT2D eigenvalue weighted by Crippen LogP contribution is 2.36. The molecule has 0 aliphatic heterocycles. The lowest BCUT2D eigenvalue weighted by Gasteiger charge is -2.18. The fraction of sp³-hybridized carbons (Fsp3) is 0.333. The summed E-state index contributed by atoms with van der Waals surface area (Å²) in [6, 6.07) is 10.5. The molecule has 102 valence electrons. The zero-order valence-corrected chi connectivity index (χ0v) is 14.2. The molecule has 0 fully saturated rings. The Morgan fingerprint density at radius 3 is 2.68 bits per heavy atom. The third-order valence-electron chi connectivity index (χ3n) is 2.98. The van der Waals surface area contributed by atoms with Gasteiger partial charge in [-0.3, -0.25) is 0 Å². The van der Waals surface area contributed by atoms with Gasteiger partial charge < -0.3 is 5.32 Å². The van der Waals surface area contributed by atoms with E-state index in [0.29, 0.717) is 0 Å². The number of rotatable bonds is 5. The summed E-state index contributed by atoms with van der Waals surface area (Å²) in [4.78, 5) is 1.30. The second-order valence-electron chi connectivity index (χ2n) is 4.51. The van der Waals surface area contributed by atoms with Gasteiger partial charge in [0.05, 0.1) is 9.83 Å². The summed E-state index contributed by atoms with van der Waals surface area (Å²) in [5.74, 6) is 0. The third kappa shape index (κ3) is 3.60. The minimum Gasteiger partial charge on any atom is -0.306 e. The van der Waals surface area contributed by atoms with E-state index in [1.54, 1.807) is 11.3 Å². The maximum atomic E-state index is 6.35. The Morgan fingerprint density at radius 2 is 2.11 bits per heavy atom. The summed E-state index contributed by atoms with van der Waals surface area (Å²) in [5.41, 5.74) is 2.42. The zero-order valence-electron chi connectivity index (χ0n) is 11.0. The van der Waals surface area contributed by atoms with Crippen molar-refractivity contribution in [1.82, 2.24) is 5.32 Å². The van der Waals surface area contributed by atoms with E-state index in [2.05, 4.69) is 47.2 Å². The van der Waals surface area contributed by atoms with E-state index in [1.165, 1.54) is 14.2 Å². The topological polar surface area (TPSA) is 12.0 Å². The summed E-state index contributed by atoms with van der Waals surface area (Å²) in [6.07, 6.45) is 1.10. The molecule has 0 radical (unpaired) electrons. The van der Waals surface area contributed by atoms with Crippen LogP contribution in [0, 0.1) is 6.92 Å². The Morgan fingerprint density at radius 1 is 1.37 bits per heavy atom. The number of hydrogen-bond donors (Lipinski definition) is 1. The standard InChI is InChI=1S/C15H17BrClNS/c1-3-8-18-14(11-6-4-5-7-12(11)17)13-9-10(2)15(16)19-13/h4-7,9,14,18H,3,8H2,1-2H3. The molecular weight excluding hydrogens is 342 g/mol. The lowest BCUT2D eigenvalue weighted by Crippen LogP contribution is -2.22. The van der Waals surface area contributed by atoms with Gasteiger partial charge in [-0.1, -0.05) is 36.7 Å². The van der Waals surface area contributed by atoms with Crippen LogP contribution in [-0.4, -0.2) is 6.54 Å². The van der Waals surface area contributed by atoms with Crippen LogP contribution in [0.2, 0.25) is 5.02 Å². The predicted molar refractivity (Wildman–Crippen MR) is 88.3 cm³/mol. The predicted octanol–water partition coefficient (Wildman–Crippen LogP) is 5.56. The normalized spacial score (nSPS) is 12.6. The van der Waals surface area contributed by atoms with Gasteiger partial charge in [0.2, 0.25) is 0 Å². The number of thiophene rings is 1. The van der Waals surface area contributed by atoms with Gasteiger partial charge in [-0.2, -0.15) is 0 Å². The van der Waals surface area contributed by atoms with Crippen LogP contribution in [-0.2, 0) is 0 Å². The maximum absolute atomic E-state index is 6.35. The van der Waals surface area contributed by atoms with Crippen LogP contribution < -0.4 is 5.32 Å². The van der Waals surface area contributed by atoms with Gasteiger partial charge in [0.15, 0.2) is 0 Å². The third-order valence-corrected chi connectivity index (χ3v) is 5.52. The lowest BCUT2D eigenvalue weighted by molar-refractivity contribution is 0.606. The molecule has 1 aromatic heterocycles. The molecule has 2 aromatic rings. The Kier molecular flexibility index (Phi) is 5.46. The van der Waals surface area contributed by atoms with Gasteiger partial charge in [0.25, 0.3) is 0 Å². The van der Waals surface area contributed by atoms with Crippen LogP contribution in [0.5, 0.6) is 0 Å². The van der Waals surface area contributed by atoms with Crippen molar-refractivity contribution in [2.75, 3.05) is 6.54 Å². The van der Waals surface area contributed by atoms with Crippen LogP contribution in [0.4, 0.5) is 0 Å². The van der Waals surface area contributed by atoms with E-state index in [4.69, 9.17) is 11.6 Å². The molecule has 19 heavy (non-hydrogen) atoms. The van der Waals surface area contributed by atoms with E-state index in [0.717, 1.165) is 23.6 Å². The van der Waals surface area contributed by atoms with Crippen molar-refractivity contribution < 1.29 is 0 Å². The molecule has 0 spiro atoms. The monoisotopic (exact) mass is 357 g/mol. The van der Waals surface area contributed by atoms with E-state index in [-0.39, 0.29) is 6.04 Å². The fourth-order valence-electron chi connectivity index (χ4n) is 1.99. The van der Waals surface area contributed by atoms with Crippen molar-refractivity contribution in [3.8, 4) is 0 Å². The van der Waals surface area contributed by atoms with E-state index < -0.39 is 0 Å². The molecule has 1 nitrogen and oxygen atoms in total. The number of hydrogen-bond acceptors (Lipinski definition) is 2. The Bertz CT molecular complexity index is 533. The Hall–Kier alpha value is -0.350. The molecule has 0 saturated carbocycles. The van der Waals surface area contributed by atoms with E-state index in [9.17, 15) is 0 Å². The van der Waals surface area contributed by atoms with Gasteiger partial charge in [-0.25, -0.2) is 0 Å². The summed E-state index contributed by atoms with van der Waals surface area (Å²) >= 11 is 11.7. The van der Waals surface area contributed by atoms with Gasteiger partial charge in [-0.15, -0.1) is 11.3 Å². The molecule has 4 heteroatoms. The number of benzene rings is 1. The highest BCUT2D eigenvalue weighted by molar-refractivity contribution is 9.11. The molecule has 1 atom stereocenters. The highest BCUT2D eigenvalue weighted by atomic mass is 79.9. The largest absolute Gasteiger partial charge is 0.306 e. The molecular formula is C15H17BrClNS. The number of nitrogens with one attached hydrogen (secondary N) is 1. The average Bonchev–Trinajstić information content (AvgIpc) is 2.72. The van der Waals surface area contributed by atoms with Crippen LogP contribution >= 0.6 is 38.9 Å². The van der Waals surface area contributed by atoms with Gasteiger partial charge in [-0.05, 0) is 59.1 Å². The van der Waals surface area contributed by atoms with Crippen molar-refractivity contribution in [2.24, 2.45) is 0 Å². The van der Waals surface area contributed by atoms with Crippen LogP contribution in [0.1, 0.15) is 35.4 Å². The molecule has 1 aromatic carbocycles. The quantitative estimate of drug-likeness (QED) is 0.737. The molecule has 0 aliphatic rings. The molecule has 1 N–H and O–H groups in total. The van der Waals surface area contributed by atoms with Crippen LogP contribution in [0.3, 0.4) is 0 Å². The van der Waals surface area contributed by atoms with Crippen molar-refractivity contribution >= 4 is 38.9 Å². The number of aryl methyl sites for hydroxylation is 1. The number of halogens is 2. The first kappa shape index (κ1) is 15.0. The maximum Gasteiger partial charge on any atom is 0.0731 e. The highest BCUT2D eigenvalue weighted by Gasteiger charge is 2.18. The second kappa shape index (κ2) is 6.89. The SMILES string of the molecule is CCCNC(c1cc(C)c(Br)s1)c1ccccc1Cl.